The number of nitrogens with one attached hydrogen (secondary N) is 1. The van der Waals surface area contributed by atoms with Gasteiger partial charge in [-0.1, -0.05) is 5.92 Å². The van der Waals surface area contributed by atoms with Gasteiger partial charge >= 0.3 is 0 Å². The quantitative estimate of drug-likeness (QED) is 0.660. The van der Waals surface area contributed by atoms with Gasteiger partial charge in [-0.3, -0.25) is 4.79 Å². The van der Waals surface area contributed by atoms with Crippen LogP contribution in [0.4, 0.5) is 8.78 Å². The fourth-order valence-electron chi connectivity index (χ4n) is 1.41. The Morgan fingerprint density at radius 2 is 2.23 bits per heavy atom. The highest BCUT2D eigenvalue weighted by Gasteiger charge is 2.45. The number of hydrogen-bond acceptors (Lipinski definition) is 1. The molecular weight excluding hydrogens is 176 g/mol. The molecule has 0 aromatic carbocycles. The summed E-state index contributed by atoms with van der Waals surface area (Å²) in [7, 11) is 0. The summed E-state index contributed by atoms with van der Waals surface area (Å²) >= 11 is 0. The summed E-state index contributed by atoms with van der Waals surface area (Å²) in [6.07, 6.45) is 4.74. The predicted molar refractivity (Wildman–Crippen MR) is 44.1 cm³/mol. The third-order valence-electron chi connectivity index (χ3n) is 2.04. The summed E-state index contributed by atoms with van der Waals surface area (Å²) in [6.45, 7) is 0.169. The van der Waals surface area contributed by atoms with Crippen molar-refractivity contribution in [1.82, 2.24) is 5.32 Å². The molecule has 1 fully saturated rings. The van der Waals surface area contributed by atoms with E-state index in [0.717, 1.165) is 0 Å². The van der Waals surface area contributed by atoms with E-state index in [-0.39, 0.29) is 37.6 Å². The van der Waals surface area contributed by atoms with Crippen molar-refractivity contribution in [1.29, 1.82) is 0 Å². The zero-order chi connectivity index (χ0) is 9.90. The molecule has 0 radical (unpaired) electrons. The van der Waals surface area contributed by atoms with Crippen LogP contribution in [-0.2, 0) is 4.79 Å². The molecule has 0 atom stereocenters. The summed E-state index contributed by atoms with van der Waals surface area (Å²) in [6, 6.07) is 0. The molecule has 72 valence electrons. The minimum atomic E-state index is -2.54. The first-order chi connectivity index (χ1) is 6.03. The number of rotatable bonds is 3. The zero-order valence-electron chi connectivity index (χ0n) is 7.15. The maximum Gasteiger partial charge on any atom is 0.248 e. The van der Waals surface area contributed by atoms with Gasteiger partial charge in [0.2, 0.25) is 11.8 Å². The van der Waals surface area contributed by atoms with Gasteiger partial charge in [-0.05, 0) is 5.92 Å². The molecule has 13 heavy (non-hydrogen) atoms. The molecule has 0 aliphatic heterocycles. The van der Waals surface area contributed by atoms with Crippen LogP contribution in [0, 0.1) is 18.3 Å². The number of alkyl halides is 2. The van der Waals surface area contributed by atoms with Crippen LogP contribution in [0.1, 0.15) is 19.3 Å². The first-order valence-electron chi connectivity index (χ1n) is 4.11. The van der Waals surface area contributed by atoms with Crippen LogP contribution in [0.2, 0.25) is 0 Å². The van der Waals surface area contributed by atoms with Crippen LogP contribution in [0.15, 0.2) is 0 Å². The van der Waals surface area contributed by atoms with Crippen molar-refractivity contribution in [3.05, 3.63) is 0 Å². The van der Waals surface area contributed by atoms with E-state index in [2.05, 4.69) is 11.2 Å². The van der Waals surface area contributed by atoms with E-state index < -0.39 is 5.92 Å². The lowest BCUT2D eigenvalue weighted by Crippen LogP contribution is -2.38. The van der Waals surface area contributed by atoms with Crippen LogP contribution in [-0.4, -0.2) is 18.4 Å². The number of carbonyl (C=O) groups excluding carboxylic acids is 1. The summed E-state index contributed by atoms with van der Waals surface area (Å²) in [5.74, 6) is -0.711. The molecule has 1 rings (SSSR count). The van der Waals surface area contributed by atoms with Gasteiger partial charge in [-0.25, -0.2) is 8.78 Å². The second kappa shape index (κ2) is 3.73. The third-order valence-corrected chi connectivity index (χ3v) is 2.04. The molecular formula is C9H11F2NO. The average molecular weight is 187 g/mol. The van der Waals surface area contributed by atoms with Gasteiger partial charge in [-0.15, -0.1) is 6.42 Å². The molecule has 0 aromatic rings. The molecule has 0 spiro atoms. The second-order valence-corrected chi connectivity index (χ2v) is 3.32. The highest BCUT2D eigenvalue weighted by Crippen LogP contribution is 2.43. The van der Waals surface area contributed by atoms with Crippen molar-refractivity contribution >= 4 is 5.91 Å². The number of amides is 1. The molecule has 1 aliphatic rings. The second-order valence-electron chi connectivity index (χ2n) is 3.32. The van der Waals surface area contributed by atoms with E-state index in [1.165, 1.54) is 0 Å². The van der Waals surface area contributed by atoms with Gasteiger partial charge in [0.1, 0.15) is 0 Å². The monoisotopic (exact) mass is 187 g/mol. The first-order valence-corrected chi connectivity index (χ1v) is 4.11. The molecule has 0 aromatic heterocycles. The highest BCUT2D eigenvalue weighted by molar-refractivity contribution is 5.76. The number of terminal acetylenes is 1. The van der Waals surface area contributed by atoms with Gasteiger partial charge in [0, 0.05) is 19.3 Å². The Morgan fingerprint density at radius 3 is 2.69 bits per heavy atom. The number of hydrogen-bond donors (Lipinski definition) is 1. The van der Waals surface area contributed by atoms with E-state index in [9.17, 15) is 13.6 Å². The first kappa shape index (κ1) is 9.97. The van der Waals surface area contributed by atoms with Crippen molar-refractivity contribution < 1.29 is 13.6 Å². The maximum absolute atomic E-state index is 12.3. The lowest BCUT2D eigenvalue weighted by atomic mass is 9.79. The largest absolute Gasteiger partial charge is 0.345 e. The Morgan fingerprint density at radius 1 is 1.62 bits per heavy atom. The Kier molecular flexibility index (Phi) is 2.86. The Hall–Kier alpha value is -1.11. The Labute approximate surface area is 75.7 Å². The molecule has 1 saturated carbocycles. The normalized spacial score (nSPS) is 20.1. The summed E-state index contributed by atoms with van der Waals surface area (Å²) in [5.41, 5.74) is 0. The average Bonchev–Trinajstić information content (AvgIpc) is 1.97. The minimum Gasteiger partial charge on any atom is -0.345 e. The van der Waals surface area contributed by atoms with Crippen molar-refractivity contribution in [2.45, 2.75) is 25.2 Å². The van der Waals surface area contributed by atoms with E-state index in [1.54, 1.807) is 0 Å². The molecule has 1 N–H and O–H groups in total. The van der Waals surface area contributed by atoms with Crippen molar-refractivity contribution in [2.75, 3.05) is 6.54 Å². The van der Waals surface area contributed by atoms with Crippen LogP contribution < -0.4 is 5.32 Å². The lowest BCUT2D eigenvalue weighted by molar-refractivity contribution is -0.133. The third kappa shape index (κ3) is 3.02. The predicted octanol–water partition coefficient (Wildman–Crippen LogP) is 1.17. The summed E-state index contributed by atoms with van der Waals surface area (Å²) in [5, 5.41) is 2.44. The summed E-state index contributed by atoms with van der Waals surface area (Å²) < 4.78 is 24.7. The maximum atomic E-state index is 12.3. The molecule has 0 heterocycles. The summed E-state index contributed by atoms with van der Waals surface area (Å²) in [4.78, 5) is 11.0. The van der Waals surface area contributed by atoms with Gasteiger partial charge in [0.25, 0.3) is 0 Å². The van der Waals surface area contributed by atoms with Gasteiger partial charge in [0.15, 0.2) is 0 Å². The van der Waals surface area contributed by atoms with Crippen molar-refractivity contribution in [2.24, 2.45) is 5.92 Å². The smallest absolute Gasteiger partial charge is 0.248 e. The molecule has 1 amide bonds. The number of halogens is 2. The SMILES string of the molecule is C#CCNC(=O)CC1CC(F)(F)C1. The fourth-order valence-corrected chi connectivity index (χ4v) is 1.41. The topological polar surface area (TPSA) is 29.1 Å². The molecule has 0 unspecified atom stereocenters. The lowest BCUT2D eigenvalue weighted by Gasteiger charge is -2.34. The van der Waals surface area contributed by atoms with Crippen molar-refractivity contribution in [3.8, 4) is 12.3 Å². The minimum absolute atomic E-state index is 0.164. The van der Waals surface area contributed by atoms with Crippen LogP contribution in [0.25, 0.3) is 0 Å². The van der Waals surface area contributed by atoms with Crippen LogP contribution in [0.5, 0.6) is 0 Å². The van der Waals surface area contributed by atoms with Crippen molar-refractivity contribution in [3.63, 3.8) is 0 Å². The van der Waals surface area contributed by atoms with E-state index >= 15 is 0 Å². The fraction of sp³-hybridized carbons (Fsp3) is 0.667. The number of carbonyl (C=O) groups is 1. The van der Waals surface area contributed by atoms with E-state index in [0.29, 0.717) is 0 Å². The highest BCUT2D eigenvalue weighted by atomic mass is 19.3. The van der Waals surface area contributed by atoms with E-state index in [1.807, 2.05) is 0 Å². The Bertz CT molecular complexity index is 236. The standard InChI is InChI=1S/C9H11F2NO/c1-2-3-12-8(13)4-7-5-9(10,11)6-7/h1,7H,3-6H2,(H,12,13). The molecule has 2 nitrogen and oxygen atoms in total. The van der Waals surface area contributed by atoms with Crippen LogP contribution >= 0.6 is 0 Å². The van der Waals surface area contributed by atoms with Gasteiger partial charge in [-0.2, -0.15) is 0 Å². The molecule has 0 saturated heterocycles. The van der Waals surface area contributed by atoms with Gasteiger partial charge < -0.3 is 5.32 Å². The zero-order valence-corrected chi connectivity index (χ0v) is 7.15. The van der Waals surface area contributed by atoms with Gasteiger partial charge in [0.05, 0.1) is 6.54 Å². The molecule has 1 aliphatic carbocycles. The van der Waals surface area contributed by atoms with E-state index in [4.69, 9.17) is 6.42 Å². The van der Waals surface area contributed by atoms with Crippen LogP contribution in [0.3, 0.4) is 0 Å². The molecule has 4 heteroatoms. The molecule has 0 bridgehead atoms. The Balaban J connectivity index is 2.14.